The number of hydrogen-bond acceptors (Lipinski definition) is 3. The van der Waals surface area contributed by atoms with Crippen LogP contribution in [0.1, 0.15) is 17.5 Å². The Labute approximate surface area is 189 Å². The van der Waals surface area contributed by atoms with E-state index in [0.29, 0.717) is 6.54 Å². The third-order valence-electron chi connectivity index (χ3n) is 5.88. The maximum atomic E-state index is 12.5. The molecule has 1 fully saturated rings. The van der Waals surface area contributed by atoms with Crippen molar-refractivity contribution in [1.82, 2.24) is 15.5 Å². The molecule has 5 heteroatoms. The minimum atomic E-state index is -0.137. The minimum Gasteiger partial charge on any atom is -0.358 e. The summed E-state index contributed by atoms with van der Waals surface area (Å²) in [5.41, 5.74) is 4.81. The van der Waals surface area contributed by atoms with Crippen molar-refractivity contribution in [2.24, 2.45) is 0 Å². The maximum Gasteiger partial charge on any atom is 0.237 e. The fourth-order valence-corrected chi connectivity index (χ4v) is 4.46. The molecular weight excluding hydrogens is 406 g/mol. The van der Waals surface area contributed by atoms with Crippen molar-refractivity contribution in [3.05, 3.63) is 95.0 Å². The van der Waals surface area contributed by atoms with Gasteiger partial charge in [0.25, 0.3) is 0 Å². The van der Waals surface area contributed by atoms with E-state index in [4.69, 9.17) is 11.6 Å². The first kappa shape index (κ1) is 21.6. The zero-order valence-electron chi connectivity index (χ0n) is 17.7. The molecule has 3 aromatic carbocycles. The summed E-state index contributed by atoms with van der Waals surface area (Å²) in [6.07, 6.45) is 0.794. The third-order valence-corrected chi connectivity index (χ3v) is 6.12. The van der Waals surface area contributed by atoms with E-state index in [2.05, 4.69) is 70.1 Å². The number of likely N-dealkylation sites (N-methyl/N-ethyl adjacent to an activating group) is 1. The van der Waals surface area contributed by atoms with Gasteiger partial charge in [-0.05, 0) is 40.8 Å². The van der Waals surface area contributed by atoms with Crippen LogP contribution in [0.5, 0.6) is 0 Å². The number of carbonyl (C=O) groups excluding carboxylic acids is 1. The van der Waals surface area contributed by atoms with E-state index in [-0.39, 0.29) is 18.0 Å². The number of likely N-dealkylation sites (tertiary alicyclic amines) is 1. The van der Waals surface area contributed by atoms with E-state index in [0.717, 1.165) is 30.1 Å². The SMILES string of the molecule is CNC(=O)[C@@H]1C[C@H](NCc2ccc(-c3ccccc3)cc2)CN1Cc1cccc(Cl)c1. The summed E-state index contributed by atoms with van der Waals surface area (Å²) in [6, 6.07) is 27.1. The largest absolute Gasteiger partial charge is 0.358 e. The smallest absolute Gasteiger partial charge is 0.237 e. The molecule has 160 valence electrons. The standard InChI is InChI=1S/C26H28ClN3O/c1-28-26(31)25-15-24(18-30(25)17-20-6-5-9-23(27)14-20)29-16-19-10-12-22(13-11-19)21-7-3-2-4-8-21/h2-14,24-25,29H,15-18H2,1H3,(H,28,31)/t24-,25-/m0/s1. The van der Waals surface area contributed by atoms with Crippen molar-refractivity contribution in [3.8, 4) is 11.1 Å². The van der Waals surface area contributed by atoms with E-state index < -0.39 is 0 Å². The molecule has 0 unspecified atom stereocenters. The van der Waals surface area contributed by atoms with Gasteiger partial charge in [0.05, 0.1) is 6.04 Å². The molecule has 2 N–H and O–H groups in total. The summed E-state index contributed by atoms with van der Waals surface area (Å²) in [5, 5.41) is 7.19. The maximum absolute atomic E-state index is 12.5. The van der Waals surface area contributed by atoms with Crippen molar-refractivity contribution in [2.45, 2.75) is 31.6 Å². The Kier molecular flexibility index (Phi) is 7.03. The van der Waals surface area contributed by atoms with Crippen molar-refractivity contribution in [2.75, 3.05) is 13.6 Å². The highest BCUT2D eigenvalue weighted by atomic mass is 35.5. The van der Waals surface area contributed by atoms with E-state index in [9.17, 15) is 4.79 Å². The van der Waals surface area contributed by atoms with E-state index in [1.807, 2.05) is 24.3 Å². The molecule has 0 saturated carbocycles. The molecule has 1 heterocycles. The zero-order chi connectivity index (χ0) is 21.6. The van der Waals surface area contributed by atoms with E-state index in [1.54, 1.807) is 7.05 Å². The van der Waals surface area contributed by atoms with Crippen LogP contribution in [0.25, 0.3) is 11.1 Å². The summed E-state index contributed by atoms with van der Waals surface area (Å²) < 4.78 is 0. The number of amides is 1. The van der Waals surface area contributed by atoms with Crippen LogP contribution in [-0.4, -0.2) is 36.5 Å². The van der Waals surface area contributed by atoms with E-state index >= 15 is 0 Å². The van der Waals surface area contributed by atoms with Gasteiger partial charge in [0, 0.05) is 37.7 Å². The van der Waals surface area contributed by atoms with E-state index in [1.165, 1.54) is 16.7 Å². The van der Waals surface area contributed by atoms with Crippen LogP contribution in [0.4, 0.5) is 0 Å². The summed E-state index contributed by atoms with van der Waals surface area (Å²) in [6.45, 7) is 2.32. The van der Waals surface area contributed by atoms with Gasteiger partial charge in [-0.3, -0.25) is 9.69 Å². The molecular formula is C26H28ClN3O. The van der Waals surface area contributed by atoms with Crippen LogP contribution >= 0.6 is 11.6 Å². The Bertz CT molecular complexity index is 1010. The molecule has 1 aliphatic rings. The second kappa shape index (κ2) is 10.1. The van der Waals surface area contributed by atoms with Crippen LogP contribution < -0.4 is 10.6 Å². The van der Waals surface area contributed by atoms with Crippen molar-refractivity contribution in [1.29, 1.82) is 0 Å². The van der Waals surface area contributed by atoms with Gasteiger partial charge in [0.2, 0.25) is 5.91 Å². The van der Waals surface area contributed by atoms with Crippen LogP contribution in [0.2, 0.25) is 5.02 Å². The Morgan fingerprint density at radius 2 is 1.71 bits per heavy atom. The molecule has 4 rings (SSSR count). The number of halogens is 1. The molecule has 0 spiro atoms. The first-order valence-electron chi connectivity index (χ1n) is 10.7. The fraction of sp³-hybridized carbons (Fsp3) is 0.269. The summed E-state index contributed by atoms with van der Waals surface area (Å²) in [4.78, 5) is 14.7. The topological polar surface area (TPSA) is 44.4 Å². The molecule has 1 aliphatic heterocycles. The molecule has 3 aromatic rings. The Hall–Kier alpha value is -2.66. The van der Waals surface area contributed by atoms with Gasteiger partial charge in [0.15, 0.2) is 0 Å². The quantitative estimate of drug-likeness (QED) is 0.577. The molecule has 2 atom stereocenters. The number of hydrogen-bond donors (Lipinski definition) is 2. The second-order valence-electron chi connectivity index (χ2n) is 8.07. The first-order valence-corrected chi connectivity index (χ1v) is 11.1. The Morgan fingerprint density at radius 1 is 0.968 bits per heavy atom. The molecule has 0 bridgehead atoms. The van der Waals surface area contributed by atoms with Gasteiger partial charge in [-0.15, -0.1) is 0 Å². The minimum absolute atomic E-state index is 0.0681. The molecule has 0 aliphatic carbocycles. The third kappa shape index (κ3) is 5.53. The first-order chi connectivity index (χ1) is 15.1. The Morgan fingerprint density at radius 3 is 2.42 bits per heavy atom. The van der Waals surface area contributed by atoms with Crippen LogP contribution in [0, 0.1) is 0 Å². The van der Waals surface area contributed by atoms with Gasteiger partial charge in [-0.25, -0.2) is 0 Å². The van der Waals surface area contributed by atoms with Gasteiger partial charge < -0.3 is 10.6 Å². The molecule has 4 nitrogen and oxygen atoms in total. The predicted molar refractivity (Wildman–Crippen MR) is 127 cm³/mol. The van der Waals surface area contributed by atoms with Crippen LogP contribution in [-0.2, 0) is 17.9 Å². The number of carbonyl (C=O) groups is 1. The lowest BCUT2D eigenvalue weighted by Gasteiger charge is -2.23. The van der Waals surface area contributed by atoms with Crippen molar-refractivity contribution in [3.63, 3.8) is 0 Å². The number of nitrogens with zero attached hydrogens (tertiary/aromatic N) is 1. The Balaban J connectivity index is 1.37. The molecule has 0 radical (unpaired) electrons. The zero-order valence-corrected chi connectivity index (χ0v) is 18.5. The number of rotatable bonds is 7. The highest BCUT2D eigenvalue weighted by molar-refractivity contribution is 6.30. The monoisotopic (exact) mass is 433 g/mol. The lowest BCUT2D eigenvalue weighted by Crippen LogP contribution is -2.41. The number of benzene rings is 3. The van der Waals surface area contributed by atoms with Gasteiger partial charge >= 0.3 is 0 Å². The van der Waals surface area contributed by atoms with Crippen LogP contribution in [0.15, 0.2) is 78.9 Å². The molecule has 1 amide bonds. The molecule has 0 aromatic heterocycles. The second-order valence-corrected chi connectivity index (χ2v) is 8.50. The highest BCUT2D eigenvalue weighted by Crippen LogP contribution is 2.23. The molecule has 31 heavy (non-hydrogen) atoms. The predicted octanol–water partition coefficient (Wildman–Crippen LogP) is 4.49. The lowest BCUT2D eigenvalue weighted by atomic mass is 10.0. The summed E-state index contributed by atoms with van der Waals surface area (Å²) >= 11 is 6.14. The number of nitrogens with one attached hydrogen (secondary N) is 2. The fourth-order valence-electron chi connectivity index (χ4n) is 4.24. The van der Waals surface area contributed by atoms with Crippen LogP contribution in [0.3, 0.4) is 0 Å². The van der Waals surface area contributed by atoms with Gasteiger partial charge in [-0.1, -0.05) is 78.3 Å². The van der Waals surface area contributed by atoms with Gasteiger partial charge in [0.1, 0.15) is 0 Å². The van der Waals surface area contributed by atoms with Crippen molar-refractivity contribution < 1.29 is 4.79 Å². The summed E-state index contributed by atoms with van der Waals surface area (Å²) in [5.74, 6) is 0.0681. The average Bonchev–Trinajstić information content (AvgIpc) is 3.20. The lowest BCUT2D eigenvalue weighted by molar-refractivity contribution is -0.125. The van der Waals surface area contributed by atoms with Crippen molar-refractivity contribution >= 4 is 17.5 Å². The molecule has 1 saturated heterocycles. The average molecular weight is 434 g/mol. The normalized spacial score (nSPS) is 18.8. The summed E-state index contributed by atoms with van der Waals surface area (Å²) in [7, 11) is 1.70. The van der Waals surface area contributed by atoms with Gasteiger partial charge in [-0.2, -0.15) is 0 Å². The highest BCUT2D eigenvalue weighted by Gasteiger charge is 2.36.